The number of piperidine rings is 2. The third kappa shape index (κ3) is 4.07. The van der Waals surface area contributed by atoms with E-state index in [0.717, 1.165) is 42.0 Å². The summed E-state index contributed by atoms with van der Waals surface area (Å²) in [6, 6.07) is 8.72. The Kier molecular flexibility index (Phi) is 5.95. The molecule has 6 nitrogen and oxygen atoms in total. The fourth-order valence-corrected chi connectivity index (χ4v) is 4.42. The molecule has 28 heavy (non-hydrogen) atoms. The SMILES string of the molecule is COc1ccc(-c2cc(N3CCC(N4CCCCC4)CC3)ncn2)cc1OC. The predicted molar refractivity (Wildman–Crippen MR) is 111 cm³/mol. The molecular weight excluding hydrogens is 352 g/mol. The smallest absolute Gasteiger partial charge is 0.161 e. The molecule has 0 aliphatic carbocycles. The Morgan fingerprint density at radius 3 is 2.32 bits per heavy atom. The Morgan fingerprint density at radius 1 is 0.857 bits per heavy atom. The van der Waals surface area contributed by atoms with Gasteiger partial charge in [-0.15, -0.1) is 0 Å². The molecule has 2 saturated heterocycles. The summed E-state index contributed by atoms with van der Waals surface area (Å²) in [4.78, 5) is 14.1. The lowest BCUT2D eigenvalue weighted by Gasteiger charge is -2.40. The second kappa shape index (κ2) is 8.78. The molecule has 6 heteroatoms. The number of nitrogens with zero attached hydrogens (tertiary/aromatic N) is 4. The number of ether oxygens (including phenoxy) is 2. The fraction of sp³-hybridized carbons (Fsp3) is 0.545. The lowest BCUT2D eigenvalue weighted by Crippen LogP contribution is -2.46. The van der Waals surface area contributed by atoms with Crippen LogP contribution in [0.3, 0.4) is 0 Å². The molecule has 2 aromatic rings. The summed E-state index contributed by atoms with van der Waals surface area (Å²) >= 11 is 0. The van der Waals surface area contributed by atoms with Crippen molar-refractivity contribution in [3.63, 3.8) is 0 Å². The summed E-state index contributed by atoms with van der Waals surface area (Å²) in [6.07, 6.45) is 8.22. The van der Waals surface area contributed by atoms with Crippen LogP contribution >= 0.6 is 0 Å². The van der Waals surface area contributed by atoms with Crippen molar-refractivity contribution in [1.82, 2.24) is 14.9 Å². The van der Waals surface area contributed by atoms with Gasteiger partial charge in [0.05, 0.1) is 19.9 Å². The summed E-state index contributed by atoms with van der Waals surface area (Å²) in [5, 5.41) is 0. The number of benzene rings is 1. The highest BCUT2D eigenvalue weighted by Gasteiger charge is 2.26. The second-order valence-electron chi connectivity index (χ2n) is 7.65. The normalized spacial score (nSPS) is 18.9. The van der Waals surface area contributed by atoms with Crippen LogP contribution < -0.4 is 14.4 Å². The second-order valence-corrected chi connectivity index (χ2v) is 7.65. The molecule has 2 fully saturated rings. The van der Waals surface area contributed by atoms with Gasteiger partial charge in [0, 0.05) is 30.8 Å². The largest absolute Gasteiger partial charge is 0.493 e. The Hall–Kier alpha value is -2.34. The van der Waals surface area contributed by atoms with E-state index in [2.05, 4.69) is 25.8 Å². The van der Waals surface area contributed by atoms with E-state index in [0.29, 0.717) is 5.75 Å². The van der Waals surface area contributed by atoms with Crippen LogP contribution in [0.2, 0.25) is 0 Å². The molecule has 0 spiro atoms. The molecule has 150 valence electrons. The minimum Gasteiger partial charge on any atom is -0.493 e. The molecule has 2 aliphatic rings. The summed E-state index contributed by atoms with van der Waals surface area (Å²) in [5.41, 5.74) is 1.91. The minimum atomic E-state index is 0.711. The van der Waals surface area contributed by atoms with Crippen LogP contribution in [0.25, 0.3) is 11.3 Å². The van der Waals surface area contributed by atoms with Gasteiger partial charge in [0.15, 0.2) is 11.5 Å². The van der Waals surface area contributed by atoms with Crippen LogP contribution in [-0.2, 0) is 0 Å². The maximum absolute atomic E-state index is 5.43. The number of anilines is 1. The van der Waals surface area contributed by atoms with Crippen LogP contribution in [0, 0.1) is 0 Å². The first kappa shape index (κ1) is 19.0. The van der Waals surface area contributed by atoms with Crippen LogP contribution in [0.15, 0.2) is 30.6 Å². The number of rotatable bonds is 5. The molecule has 2 aliphatic heterocycles. The highest BCUT2D eigenvalue weighted by molar-refractivity contribution is 5.66. The molecule has 3 heterocycles. The first-order valence-electron chi connectivity index (χ1n) is 10.3. The lowest BCUT2D eigenvalue weighted by molar-refractivity contribution is 0.141. The molecule has 0 bridgehead atoms. The quantitative estimate of drug-likeness (QED) is 0.787. The van der Waals surface area contributed by atoms with Gasteiger partial charge in [0.2, 0.25) is 0 Å². The zero-order valence-corrected chi connectivity index (χ0v) is 16.9. The van der Waals surface area contributed by atoms with E-state index in [1.807, 2.05) is 18.2 Å². The van der Waals surface area contributed by atoms with Gasteiger partial charge >= 0.3 is 0 Å². The average molecular weight is 383 g/mol. The van der Waals surface area contributed by atoms with Crippen molar-refractivity contribution in [3.05, 3.63) is 30.6 Å². The predicted octanol–water partition coefficient (Wildman–Crippen LogP) is 3.62. The first-order chi connectivity index (χ1) is 13.8. The number of likely N-dealkylation sites (tertiary alicyclic amines) is 1. The molecule has 4 rings (SSSR count). The molecule has 0 unspecified atom stereocenters. The Morgan fingerprint density at radius 2 is 1.61 bits per heavy atom. The van der Waals surface area contributed by atoms with E-state index in [4.69, 9.17) is 9.47 Å². The Bertz CT molecular complexity index is 784. The zero-order chi connectivity index (χ0) is 19.3. The fourth-order valence-electron chi connectivity index (χ4n) is 4.42. The molecule has 0 radical (unpaired) electrons. The number of aromatic nitrogens is 2. The van der Waals surface area contributed by atoms with Gasteiger partial charge in [-0.05, 0) is 57.0 Å². The third-order valence-corrected chi connectivity index (χ3v) is 6.03. The van der Waals surface area contributed by atoms with Crippen LogP contribution in [0.5, 0.6) is 11.5 Å². The zero-order valence-electron chi connectivity index (χ0n) is 16.9. The number of hydrogen-bond donors (Lipinski definition) is 0. The maximum Gasteiger partial charge on any atom is 0.161 e. The van der Waals surface area contributed by atoms with Crippen LogP contribution in [-0.4, -0.2) is 61.3 Å². The number of methoxy groups -OCH3 is 2. The van der Waals surface area contributed by atoms with Crippen molar-refractivity contribution < 1.29 is 9.47 Å². The lowest BCUT2D eigenvalue weighted by atomic mass is 10.00. The maximum atomic E-state index is 5.43. The van der Waals surface area contributed by atoms with Crippen molar-refractivity contribution in [2.24, 2.45) is 0 Å². The average Bonchev–Trinajstić information content (AvgIpc) is 2.79. The van der Waals surface area contributed by atoms with Gasteiger partial charge in [-0.3, -0.25) is 0 Å². The van der Waals surface area contributed by atoms with Crippen molar-refractivity contribution in [3.8, 4) is 22.8 Å². The summed E-state index contributed by atoms with van der Waals surface area (Å²) in [6.45, 7) is 4.68. The molecule has 0 N–H and O–H groups in total. The first-order valence-corrected chi connectivity index (χ1v) is 10.3. The van der Waals surface area contributed by atoms with Gasteiger partial charge in [-0.25, -0.2) is 9.97 Å². The van der Waals surface area contributed by atoms with E-state index in [9.17, 15) is 0 Å². The topological polar surface area (TPSA) is 50.7 Å². The molecule has 0 amide bonds. The molecule has 1 aromatic carbocycles. The van der Waals surface area contributed by atoms with E-state index in [1.165, 1.54) is 45.2 Å². The van der Waals surface area contributed by atoms with Crippen molar-refractivity contribution >= 4 is 5.82 Å². The van der Waals surface area contributed by atoms with Gasteiger partial charge in [-0.1, -0.05) is 6.42 Å². The summed E-state index contributed by atoms with van der Waals surface area (Å²) in [5.74, 6) is 2.44. The van der Waals surface area contributed by atoms with Crippen LogP contribution in [0.1, 0.15) is 32.1 Å². The highest BCUT2D eigenvalue weighted by atomic mass is 16.5. The van der Waals surface area contributed by atoms with Gasteiger partial charge in [0.1, 0.15) is 12.1 Å². The molecule has 0 atom stereocenters. The Labute approximate surface area is 167 Å². The third-order valence-electron chi connectivity index (χ3n) is 6.03. The minimum absolute atomic E-state index is 0.711. The molecule has 0 saturated carbocycles. The van der Waals surface area contributed by atoms with Crippen molar-refractivity contribution in [2.75, 3.05) is 45.3 Å². The molecule has 1 aromatic heterocycles. The Balaban J connectivity index is 1.46. The van der Waals surface area contributed by atoms with Gasteiger partial charge in [-0.2, -0.15) is 0 Å². The monoisotopic (exact) mass is 382 g/mol. The van der Waals surface area contributed by atoms with E-state index in [-0.39, 0.29) is 0 Å². The molecular formula is C22H30N4O2. The van der Waals surface area contributed by atoms with Crippen LogP contribution in [0.4, 0.5) is 5.82 Å². The summed E-state index contributed by atoms with van der Waals surface area (Å²) < 4.78 is 10.8. The van der Waals surface area contributed by atoms with E-state index in [1.54, 1.807) is 20.5 Å². The number of hydrogen-bond acceptors (Lipinski definition) is 6. The standard InChI is InChI=1S/C22H30N4O2/c1-27-20-7-6-17(14-21(20)28-2)19-15-22(24-16-23-19)26-12-8-18(9-13-26)25-10-4-3-5-11-25/h6-7,14-16,18H,3-5,8-13H2,1-2H3. The van der Waals surface area contributed by atoms with E-state index >= 15 is 0 Å². The highest BCUT2D eigenvalue weighted by Crippen LogP contribution is 2.32. The van der Waals surface area contributed by atoms with E-state index < -0.39 is 0 Å². The van der Waals surface area contributed by atoms with Gasteiger partial charge in [0.25, 0.3) is 0 Å². The van der Waals surface area contributed by atoms with Gasteiger partial charge < -0.3 is 19.3 Å². The van der Waals surface area contributed by atoms with Crippen molar-refractivity contribution in [1.29, 1.82) is 0 Å². The summed E-state index contributed by atoms with van der Waals surface area (Å²) in [7, 11) is 3.30. The van der Waals surface area contributed by atoms with Crippen molar-refractivity contribution in [2.45, 2.75) is 38.1 Å².